The summed E-state index contributed by atoms with van der Waals surface area (Å²) in [6, 6.07) is 5.51. The number of fused-ring (bicyclic) bond motifs is 1. The quantitative estimate of drug-likeness (QED) is 0.647. The van der Waals surface area contributed by atoms with Crippen molar-refractivity contribution in [2.24, 2.45) is 7.05 Å². The highest BCUT2D eigenvalue weighted by Gasteiger charge is 2.10. The summed E-state index contributed by atoms with van der Waals surface area (Å²) < 4.78 is 3.56. The van der Waals surface area contributed by atoms with Crippen LogP contribution in [-0.4, -0.2) is 24.4 Å². The Balaban J connectivity index is 2.27. The predicted octanol–water partition coefficient (Wildman–Crippen LogP) is 0.712. The molecule has 3 heterocycles. The average molecular weight is 214 g/mol. The van der Waals surface area contributed by atoms with Gasteiger partial charge in [0, 0.05) is 25.1 Å². The van der Waals surface area contributed by atoms with Gasteiger partial charge in [-0.15, -0.1) is 10.2 Å². The van der Waals surface area contributed by atoms with Crippen LogP contribution in [0.4, 0.5) is 5.69 Å². The van der Waals surface area contributed by atoms with Gasteiger partial charge in [0.05, 0.1) is 0 Å². The SMILES string of the molecule is Cn1ccc(-c2nnc3ccc(N)cn23)n1. The number of hydrogen-bond donors (Lipinski definition) is 1. The fraction of sp³-hybridized carbons (Fsp3) is 0.100. The van der Waals surface area contributed by atoms with Gasteiger partial charge in [0.1, 0.15) is 5.69 Å². The lowest BCUT2D eigenvalue weighted by molar-refractivity contribution is 0.768. The van der Waals surface area contributed by atoms with E-state index in [1.165, 1.54) is 0 Å². The molecule has 0 spiro atoms. The Labute approximate surface area is 91.3 Å². The van der Waals surface area contributed by atoms with Crippen molar-refractivity contribution < 1.29 is 0 Å². The van der Waals surface area contributed by atoms with Crippen LogP contribution in [0, 0.1) is 0 Å². The maximum atomic E-state index is 5.73. The Morgan fingerprint density at radius 1 is 1.19 bits per heavy atom. The van der Waals surface area contributed by atoms with Crippen molar-refractivity contribution in [3.05, 3.63) is 30.6 Å². The molecule has 2 N–H and O–H groups in total. The number of nitrogens with zero attached hydrogens (tertiary/aromatic N) is 5. The number of aromatic nitrogens is 5. The standard InChI is InChI=1S/C10H10N6/c1-15-5-4-8(14-15)10-13-12-9-3-2-7(11)6-16(9)10/h2-6H,11H2,1H3. The van der Waals surface area contributed by atoms with Gasteiger partial charge in [-0.05, 0) is 18.2 Å². The fourth-order valence-corrected chi connectivity index (χ4v) is 1.62. The molecular weight excluding hydrogens is 204 g/mol. The topological polar surface area (TPSA) is 74.0 Å². The number of rotatable bonds is 1. The molecule has 80 valence electrons. The molecule has 0 fully saturated rings. The lowest BCUT2D eigenvalue weighted by Crippen LogP contribution is -1.94. The minimum atomic E-state index is 0.671. The highest BCUT2D eigenvalue weighted by atomic mass is 15.3. The van der Waals surface area contributed by atoms with Gasteiger partial charge in [-0.25, -0.2) is 0 Å². The number of nitrogens with two attached hydrogens (primary N) is 1. The van der Waals surface area contributed by atoms with E-state index in [1.54, 1.807) is 16.9 Å². The molecule has 3 aromatic rings. The first-order valence-corrected chi connectivity index (χ1v) is 4.84. The second-order valence-electron chi connectivity index (χ2n) is 3.59. The van der Waals surface area contributed by atoms with Gasteiger partial charge in [-0.3, -0.25) is 9.08 Å². The number of hydrogen-bond acceptors (Lipinski definition) is 4. The monoisotopic (exact) mass is 214 g/mol. The summed E-state index contributed by atoms with van der Waals surface area (Å²) >= 11 is 0. The highest BCUT2D eigenvalue weighted by molar-refractivity contribution is 5.57. The minimum Gasteiger partial charge on any atom is -0.398 e. The van der Waals surface area contributed by atoms with Crippen LogP contribution < -0.4 is 5.73 Å². The lowest BCUT2D eigenvalue weighted by atomic mass is 10.4. The van der Waals surface area contributed by atoms with E-state index in [0.29, 0.717) is 11.5 Å². The smallest absolute Gasteiger partial charge is 0.188 e. The zero-order valence-corrected chi connectivity index (χ0v) is 8.70. The van der Waals surface area contributed by atoms with E-state index in [4.69, 9.17) is 5.73 Å². The molecule has 6 nitrogen and oxygen atoms in total. The molecule has 3 rings (SSSR count). The van der Waals surface area contributed by atoms with Gasteiger partial charge in [0.15, 0.2) is 11.5 Å². The fourth-order valence-electron chi connectivity index (χ4n) is 1.62. The zero-order valence-electron chi connectivity index (χ0n) is 8.70. The van der Waals surface area contributed by atoms with Crippen molar-refractivity contribution in [3.8, 4) is 11.5 Å². The van der Waals surface area contributed by atoms with Crippen molar-refractivity contribution in [2.45, 2.75) is 0 Å². The zero-order chi connectivity index (χ0) is 11.1. The van der Waals surface area contributed by atoms with Crippen LogP contribution >= 0.6 is 0 Å². The van der Waals surface area contributed by atoms with Crippen LogP contribution in [0.3, 0.4) is 0 Å². The number of anilines is 1. The van der Waals surface area contributed by atoms with Crippen LogP contribution in [0.25, 0.3) is 17.2 Å². The molecule has 0 aliphatic carbocycles. The van der Waals surface area contributed by atoms with Crippen LogP contribution in [0.15, 0.2) is 30.6 Å². The van der Waals surface area contributed by atoms with E-state index in [1.807, 2.05) is 29.8 Å². The summed E-state index contributed by atoms with van der Waals surface area (Å²) in [5, 5.41) is 12.4. The lowest BCUT2D eigenvalue weighted by Gasteiger charge is -1.97. The van der Waals surface area contributed by atoms with Gasteiger partial charge in [0.25, 0.3) is 0 Å². The van der Waals surface area contributed by atoms with Gasteiger partial charge >= 0.3 is 0 Å². The molecule has 0 unspecified atom stereocenters. The number of pyridine rings is 1. The second kappa shape index (κ2) is 3.06. The van der Waals surface area contributed by atoms with E-state index in [2.05, 4.69) is 15.3 Å². The van der Waals surface area contributed by atoms with E-state index in [9.17, 15) is 0 Å². The molecule has 0 saturated heterocycles. The largest absolute Gasteiger partial charge is 0.398 e. The number of aryl methyl sites for hydroxylation is 1. The van der Waals surface area contributed by atoms with Crippen molar-refractivity contribution in [1.82, 2.24) is 24.4 Å². The molecule has 0 bridgehead atoms. The summed E-state index contributed by atoms with van der Waals surface area (Å²) in [6.07, 6.45) is 3.65. The van der Waals surface area contributed by atoms with E-state index >= 15 is 0 Å². The van der Waals surface area contributed by atoms with Crippen molar-refractivity contribution >= 4 is 11.3 Å². The first-order chi connectivity index (χ1) is 7.74. The van der Waals surface area contributed by atoms with Crippen LogP contribution in [0.1, 0.15) is 0 Å². The third-order valence-electron chi connectivity index (χ3n) is 2.37. The first-order valence-electron chi connectivity index (χ1n) is 4.84. The van der Waals surface area contributed by atoms with Gasteiger partial charge in [-0.1, -0.05) is 0 Å². The summed E-state index contributed by atoms with van der Waals surface area (Å²) in [6.45, 7) is 0. The van der Waals surface area contributed by atoms with Gasteiger partial charge < -0.3 is 5.73 Å². The van der Waals surface area contributed by atoms with Gasteiger partial charge in [-0.2, -0.15) is 5.10 Å². The van der Waals surface area contributed by atoms with E-state index < -0.39 is 0 Å². The van der Waals surface area contributed by atoms with Crippen molar-refractivity contribution in [2.75, 3.05) is 5.73 Å². The molecular formula is C10H10N6. The molecule has 0 atom stereocenters. The highest BCUT2D eigenvalue weighted by Crippen LogP contribution is 2.17. The Morgan fingerprint density at radius 2 is 2.06 bits per heavy atom. The molecule has 0 amide bonds. The molecule has 0 saturated carbocycles. The maximum Gasteiger partial charge on any atom is 0.188 e. The molecule has 0 aliphatic rings. The third-order valence-corrected chi connectivity index (χ3v) is 2.37. The Morgan fingerprint density at radius 3 is 2.81 bits per heavy atom. The number of nitrogen functional groups attached to an aromatic ring is 1. The van der Waals surface area contributed by atoms with Crippen LogP contribution in [-0.2, 0) is 7.05 Å². The first kappa shape index (κ1) is 8.90. The Hall–Kier alpha value is -2.37. The van der Waals surface area contributed by atoms with Crippen LogP contribution in [0.2, 0.25) is 0 Å². The van der Waals surface area contributed by atoms with Crippen molar-refractivity contribution in [1.29, 1.82) is 0 Å². The average Bonchev–Trinajstić information content (AvgIpc) is 2.83. The summed E-state index contributed by atoms with van der Waals surface area (Å²) in [5.41, 5.74) is 7.94. The Bertz CT molecular complexity index is 650. The maximum absolute atomic E-state index is 5.73. The van der Waals surface area contributed by atoms with E-state index in [-0.39, 0.29) is 0 Å². The molecule has 0 radical (unpaired) electrons. The molecule has 0 aromatic carbocycles. The third kappa shape index (κ3) is 1.23. The normalized spacial score (nSPS) is 11.1. The Kier molecular flexibility index (Phi) is 1.70. The molecule has 3 aromatic heterocycles. The van der Waals surface area contributed by atoms with Crippen LogP contribution in [0.5, 0.6) is 0 Å². The summed E-state index contributed by atoms with van der Waals surface area (Å²) in [4.78, 5) is 0. The molecule has 0 aliphatic heterocycles. The molecule has 16 heavy (non-hydrogen) atoms. The van der Waals surface area contributed by atoms with Crippen molar-refractivity contribution in [3.63, 3.8) is 0 Å². The van der Waals surface area contributed by atoms with Gasteiger partial charge in [0.2, 0.25) is 0 Å². The predicted molar refractivity (Wildman–Crippen MR) is 59.6 cm³/mol. The minimum absolute atomic E-state index is 0.671. The molecule has 6 heteroatoms. The summed E-state index contributed by atoms with van der Waals surface area (Å²) in [5.74, 6) is 0.697. The summed E-state index contributed by atoms with van der Waals surface area (Å²) in [7, 11) is 1.86. The van der Waals surface area contributed by atoms with E-state index in [0.717, 1.165) is 11.3 Å². The second-order valence-corrected chi connectivity index (χ2v) is 3.59.